The highest BCUT2D eigenvalue weighted by atomic mass is 14.7. The maximum atomic E-state index is 4.50. The van der Waals surface area contributed by atoms with Gasteiger partial charge in [-0.15, -0.1) is 0 Å². The predicted molar refractivity (Wildman–Crippen MR) is 115 cm³/mol. The summed E-state index contributed by atoms with van der Waals surface area (Å²) in [6, 6.07) is 0. The number of dihydropyridines is 1. The largest absolute Gasteiger partial charge is 0.265 e. The molecule has 0 aliphatic carbocycles. The zero-order chi connectivity index (χ0) is 19.2. The lowest BCUT2D eigenvalue weighted by molar-refractivity contribution is 0.841. The third-order valence-electron chi connectivity index (χ3n) is 3.49. The molecule has 25 heavy (non-hydrogen) atoms. The van der Waals surface area contributed by atoms with Crippen molar-refractivity contribution >= 4 is 12.4 Å². The van der Waals surface area contributed by atoms with Crippen molar-refractivity contribution in [3.8, 4) is 0 Å². The predicted octanol–water partition coefficient (Wildman–Crippen LogP) is 6.86. The lowest BCUT2D eigenvalue weighted by Gasteiger charge is -2.11. The Labute approximate surface area is 154 Å². The Kier molecular flexibility index (Phi) is 11.9. The lowest BCUT2D eigenvalue weighted by Crippen LogP contribution is -1.98. The molecular formula is C23H34N2. The molecule has 2 aliphatic heterocycles. The highest BCUT2D eigenvalue weighted by Gasteiger charge is 2.08. The van der Waals surface area contributed by atoms with Gasteiger partial charge in [-0.3, -0.25) is 9.98 Å². The van der Waals surface area contributed by atoms with E-state index in [1.165, 1.54) is 0 Å². The summed E-state index contributed by atoms with van der Waals surface area (Å²) in [5.41, 5.74) is 3.79. The Balaban J connectivity index is 0.00000134. The number of hydrogen-bond acceptors (Lipinski definition) is 2. The van der Waals surface area contributed by atoms with Crippen LogP contribution in [0.15, 0.2) is 82.1 Å². The van der Waals surface area contributed by atoms with Gasteiger partial charge in [-0.05, 0) is 29.4 Å². The van der Waals surface area contributed by atoms with Crippen LogP contribution < -0.4 is 0 Å². The normalized spacial score (nSPS) is 24.1. The Morgan fingerprint density at radius 3 is 2.28 bits per heavy atom. The topological polar surface area (TPSA) is 24.7 Å². The molecule has 0 saturated carbocycles. The minimum absolute atomic E-state index is 0.312. The molecule has 0 spiro atoms. The lowest BCUT2D eigenvalue weighted by atomic mass is 10.0. The molecule has 0 saturated heterocycles. The van der Waals surface area contributed by atoms with Crippen LogP contribution in [-0.2, 0) is 0 Å². The molecule has 0 amide bonds. The SMILES string of the molecule is C=C(/C=C1\CC=CC(C)C=N1)C(=C)/C=C1/N=CC=CC1C.CC.CC. The van der Waals surface area contributed by atoms with Crippen LogP contribution in [0.4, 0.5) is 0 Å². The first kappa shape index (κ1) is 22.8. The van der Waals surface area contributed by atoms with Crippen LogP contribution >= 0.6 is 0 Å². The molecule has 0 aromatic heterocycles. The zero-order valence-corrected chi connectivity index (χ0v) is 16.8. The first-order chi connectivity index (χ1) is 12.1. The molecule has 0 fully saturated rings. The van der Waals surface area contributed by atoms with E-state index in [2.05, 4.69) is 55.2 Å². The molecular weight excluding hydrogens is 304 g/mol. The maximum Gasteiger partial charge on any atom is 0.0475 e. The Bertz CT molecular complexity index is 610. The maximum absolute atomic E-state index is 4.50. The van der Waals surface area contributed by atoms with Gasteiger partial charge in [0.25, 0.3) is 0 Å². The van der Waals surface area contributed by atoms with Gasteiger partial charge in [-0.1, -0.05) is 72.9 Å². The van der Waals surface area contributed by atoms with Crippen LogP contribution in [-0.4, -0.2) is 12.4 Å². The summed E-state index contributed by atoms with van der Waals surface area (Å²) < 4.78 is 0. The summed E-state index contributed by atoms with van der Waals surface area (Å²) in [4.78, 5) is 8.89. The molecule has 2 heteroatoms. The van der Waals surface area contributed by atoms with E-state index in [9.17, 15) is 0 Å². The smallest absolute Gasteiger partial charge is 0.0475 e. The second-order valence-electron chi connectivity index (χ2n) is 5.48. The molecule has 2 nitrogen and oxygen atoms in total. The molecule has 0 aromatic rings. The van der Waals surface area contributed by atoms with Crippen molar-refractivity contribution in [3.63, 3.8) is 0 Å². The summed E-state index contributed by atoms with van der Waals surface area (Å²) in [7, 11) is 0. The van der Waals surface area contributed by atoms with Crippen molar-refractivity contribution in [2.24, 2.45) is 21.8 Å². The van der Waals surface area contributed by atoms with Gasteiger partial charge in [0.1, 0.15) is 0 Å². The first-order valence-electron chi connectivity index (χ1n) is 9.28. The summed E-state index contributed by atoms with van der Waals surface area (Å²) in [6.45, 7) is 20.4. The van der Waals surface area contributed by atoms with Gasteiger partial charge in [0.2, 0.25) is 0 Å². The molecule has 2 atom stereocenters. The van der Waals surface area contributed by atoms with Gasteiger partial charge in [0.15, 0.2) is 0 Å². The van der Waals surface area contributed by atoms with E-state index in [1.807, 2.05) is 58.4 Å². The fourth-order valence-corrected chi connectivity index (χ4v) is 2.11. The van der Waals surface area contributed by atoms with Gasteiger partial charge in [-0.2, -0.15) is 0 Å². The van der Waals surface area contributed by atoms with Crippen LogP contribution in [0.5, 0.6) is 0 Å². The van der Waals surface area contributed by atoms with Crippen LogP contribution in [0.25, 0.3) is 0 Å². The number of nitrogens with zero attached hydrogens (tertiary/aromatic N) is 2. The van der Waals surface area contributed by atoms with Crippen molar-refractivity contribution in [1.29, 1.82) is 0 Å². The highest BCUT2D eigenvalue weighted by molar-refractivity contribution is 5.74. The third-order valence-corrected chi connectivity index (χ3v) is 3.49. The summed E-state index contributed by atoms with van der Waals surface area (Å²) in [6.07, 6.45) is 17.0. The highest BCUT2D eigenvalue weighted by Crippen LogP contribution is 2.22. The van der Waals surface area contributed by atoms with E-state index in [1.54, 1.807) is 0 Å². The molecule has 0 aromatic carbocycles. The molecule has 0 radical (unpaired) electrons. The van der Waals surface area contributed by atoms with Gasteiger partial charge < -0.3 is 0 Å². The van der Waals surface area contributed by atoms with Gasteiger partial charge in [0, 0.05) is 42.1 Å². The standard InChI is InChI=1S/C19H22N2.2C2H6/c1-14-7-5-9-18(21-13-14)11-16(3)17(4)12-19-15(2)8-6-10-20-19;2*1-2/h5-8,10-15H,3-4,9H2,1-2H3;2*1-2H3/b18-11+,19-12+;;. The van der Waals surface area contributed by atoms with Crippen molar-refractivity contribution in [2.45, 2.75) is 48.0 Å². The third kappa shape index (κ3) is 8.44. The second-order valence-corrected chi connectivity index (χ2v) is 5.48. The van der Waals surface area contributed by atoms with Crippen LogP contribution in [0.1, 0.15) is 48.0 Å². The van der Waals surface area contributed by atoms with E-state index in [0.29, 0.717) is 11.8 Å². The number of aliphatic imine (C=N–C) groups is 2. The molecule has 0 bridgehead atoms. The fourth-order valence-electron chi connectivity index (χ4n) is 2.11. The van der Waals surface area contributed by atoms with Gasteiger partial charge in [0.05, 0.1) is 0 Å². The van der Waals surface area contributed by atoms with Crippen LogP contribution in [0.3, 0.4) is 0 Å². The summed E-state index contributed by atoms with van der Waals surface area (Å²) in [5, 5.41) is 0. The minimum Gasteiger partial charge on any atom is -0.265 e. The van der Waals surface area contributed by atoms with E-state index >= 15 is 0 Å². The number of rotatable bonds is 3. The van der Waals surface area contributed by atoms with Crippen LogP contribution in [0, 0.1) is 11.8 Å². The van der Waals surface area contributed by atoms with Gasteiger partial charge in [-0.25, -0.2) is 0 Å². The van der Waals surface area contributed by atoms with Crippen molar-refractivity contribution in [1.82, 2.24) is 0 Å². The number of hydrogen-bond donors (Lipinski definition) is 0. The fraction of sp³-hybridized carbons (Fsp3) is 0.391. The monoisotopic (exact) mass is 338 g/mol. The van der Waals surface area contributed by atoms with E-state index in [4.69, 9.17) is 0 Å². The average Bonchev–Trinajstić information content (AvgIpc) is 2.84. The molecule has 136 valence electrons. The van der Waals surface area contributed by atoms with E-state index in [0.717, 1.165) is 29.0 Å². The second kappa shape index (κ2) is 13.1. The molecule has 2 aliphatic rings. The Morgan fingerprint density at radius 1 is 1.00 bits per heavy atom. The molecule has 0 N–H and O–H groups in total. The summed E-state index contributed by atoms with van der Waals surface area (Å²) in [5.74, 6) is 0.700. The Morgan fingerprint density at radius 2 is 1.64 bits per heavy atom. The molecule has 2 rings (SSSR count). The van der Waals surface area contributed by atoms with Crippen molar-refractivity contribution < 1.29 is 0 Å². The van der Waals surface area contributed by atoms with Crippen molar-refractivity contribution in [3.05, 3.63) is 72.2 Å². The molecule has 2 heterocycles. The van der Waals surface area contributed by atoms with Crippen molar-refractivity contribution in [2.75, 3.05) is 0 Å². The summed E-state index contributed by atoms with van der Waals surface area (Å²) >= 11 is 0. The minimum atomic E-state index is 0.312. The first-order valence-corrected chi connectivity index (χ1v) is 9.28. The average molecular weight is 339 g/mol. The Hall–Kier alpha value is -2.22. The van der Waals surface area contributed by atoms with Crippen LogP contribution in [0.2, 0.25) is 0 Å². The van der Waals surface area contributed by atoms with Gasteiger partial charge >= 0.3 is 0 Å². The molecule has 2 unspecified atom stereocenters. The van der Waals surface area contributed by atoms with E-state index in [-0.39, 0.29) is 0 Å². The van der Waals surface area contributed by atoms with E-state index < -0.39 is 0 Å². The quantitative estimate of drug-likeness (QED) is 0.396. The zero-order valence-electron chi connectivity index (χ0n) is 16.8. The number of allylic oxidation sites excluding steroid dienone is 8.